The Morgan fingerprint density at radius 1 is 0.609 bits per heavy atom. The van der Waals surface area contributed by atoms with Crippen LogP contribution in [0.3, 0.4) is 0 Å². The van der Waals surface area contributed by atoms with Crippen LogP contribution in [0.5, 0.6) is 0 Å². The molecule has 3 rings (SSSR count). The molecule has 0 N–H and O–H groups in total. The Morgan fingerprint density at radius 3 is 1.78 bits per heavy atom. The number of benzene rings is 3. The first-order valence-electron chi connectivity index (χ1n) is 7.97. The first-order valence-corrected chi connectivity index (χ1v) is 9.46. The van der Waals surface area contributed by atoms with Crippen molar-refractivity contribution in [1.82, 2.24) is 0 Å². The quantitative estimate of drug-likeness (QED) is 0.602. The lowest BCUT2D eigenvalue weighted by atomic mass is 10.1. The van der Waals surface area contributed by atoms with Gasteiger partial charge < -0.3 is 0 Å². The van der Waals surface area contributed by atoms with Gasteiger partial charge in [-0.25, -0.2) is 8.42 Å². The predicted octanol–water partition coefficient (Wildman–Crippen LogP) is 5.73. The van der Waals surface area contributed by atoms with Gasteiger partial charge in [0.1, 0.15) is 0 Å². The summed E-state index contributed by atoms with van der Waals surface area (Å²) in [4.78, 5) is 0.683. The van der Waals surface area contributed by atoms with Crippen molar-refractivity contribution >= 4 is 20.6 Å². The average Bonchev–Trinajstić information content (AvgIpc) is 2.65. The fraction of sp³-hybridized carbons (Fsp3) is 0.200. The molecule has 0 saturated heterocycles. The minimum Gasteiger partial charge on any atom is -0.218 e. The highest BCUT2D eigenvalue weighted by Gasteiger charge is 2.19. The van der Waals surface area contributed by atoms with E-state index >= 15 is 0 Å². The summed E-state index contributed by atoms with van der Waals surface area (Å²) < 4.78 is 25.3. The summed E-state index contributed by atoms with van der Waals surface area (Å²) in [7, 11) is -3.47. The minimum atomic E-state index is -3.47. The van der Waals surface area contributed by atoms with Crippen LogP contribution < -0.4 is 0 Å². The summed E-state index contributed by atoms with van der Waals surface area (Å²) in [5.74, 6) is 0. The lowest BCUT2D eigenvalue weighted by Crippen LogP contribution is -2.02. The maximum absolute atomic E-state index is 12.6. The van der Waals surface area contributed by atoms with Crippen molar-refractivity contribution in [3.8, 4) is 0 Å². The Labute approximate surface area is 139 Å². The zero-order valence-electron chi connectivity index (χ0n) is 14.2. The number of hydrogen-bond acceptors (Lipinski definition) is 2. The molecule has 0 fully saturated rings. The molecule has 2 nitrogen and oxygen atoms in total. The van der Waals surface area contributed by atoms with E-state index in [0.717, 1.165) is 10.8 Å². The number of rotatable bonds is 2. The van der Waals surface area contributed by atoms with E-state index in [1.807, 2.05) is 64.1 Å². The SMILES string of the molecule is CC.CC.O=S(=O)(c1ccccc1)c1cccc2ccccc12. The standard InChI is InChI=1S/C16H12O2S.2C2H6/c17-19(18,14-9-2-1-3-10-14)16-12-6-8-13-7-4-5-11-15(13)16;2*1-2/h1-12H;2*1-2H3. The second-order valence-corrected chi connectivity index (χ2v) is 6.21. The van der Waals surface area contributed by atoms with Crippen molar-refractivity contribution in [3.05, 3.63) is 72.8 Å². The summed E-state index contributed by atoms with van der Waals surface area (Å²) >= 11 is 0. The molecule has 0 unspecified atom stereocenters. The molecule has 0 amide bonds. The van der Waals surface area contributed by atoms with E-state index in [2.05, 4.69) is 0 Å². The third-order valence-electron chi connectivity index (χ3n) is 3.09. The summed E-state index contributed by atoms with van der Waals surface area (Å²) in [5.41, 5.74) is 0. The van der Waals surface area contributed by atoms with Gasteiger partial charge in [0.25, 0.3) is 0 Å². The van der Waals surface area contributed by atoms with Gasteiger partial charge in [-0.1, -0.05) is 82.3 Å². The van der Waals surface area contributed by atoms with Gasteiger partial charge in [-0.3, -0.25) is 0 Å². The van der Waals surface area contributed by atoms with Crippen molar-refractivity contribution in [2.24, 2.45) is 0 Å². The molecule has 0 aromatic heterocycles. The molecule has 0 aliphatic rings. The van der Waals surface area contributed by atoms with Gasteiger partial charge in [-0.2, -0.15) is 0 Å². The molecule has 0 spiro atoms. The highest BCUT2D eigenvalue weighted by molar-refractivity contribution is 7.91. The normalized spacial score (nSPS) is 10.1. The Kier molecular flexibility index (Phi) is 7.49. The Morgan fingerprint density at radius 2 is 1.13 bits per heavy atom. The van der Waals surface area contributed by atoms with Crippen LogP contribution >= 0.6 is 0 Å². The topological polar surface area (TPSA) is 34.1 Å². The van der Waals surface area contributed by atoms with Crippen LogP contribution in [0.4, 0.5) is 0 Å². The predicted molar refractivity (Wildman–Crippen MR) is 98.5 cm³/mol. The Balaban J connectivity index is 0.000000615. The molecule has 3 aromatic rings. The molecule has 0 radical (unpaired) electrons. The molecule has 23 heavy (non-hydrogen) atoms. The third-order valence-corrected chi connectivity index (χ3v) is 4.92. The summed E-state index contributed by atoms with van der Waals surface area (Å²) in [6.07, 6.45) is 0. The monoisotopic (exact) mass is 328 g/mol. The van der Waals surface area contributed by atoms with Crippen LogP contribution in [0.1, 0.15) is 27.7 Å². The van der Waals surface area contributed by atoms with Gasteiger partial charge in [0.05, 0.1) is 9.79 Å². The van der Waals surface area contributed by atoms with E-state index in [1.54, 1.807) is 36.4 Å². The largest absolute Gasteiger partial charge is 0.218 e. The summed E-state index contributed by atoms with van der Waals surface area (Å²) in [6, 6.07) is 21.4. The molecule has 3 aromatic carbocycles. The van der Waals surface area contributed by atoms with Crippen molar-refractivity contribution in [2.45, 2.75) is 37.5 Å². The first kappa shape index (κ1) is 18.9. The van der Waals surface area contributed by atoms with E-state index in [9.17, 15) is 8.42 Å². The molecule has 122 valence electrons. The van der Waals surface area contributed by atoms with E-state index in [-0.39, 0.29) is 0 Å². The van der Waals surface area contributed by atoms with E-state index in [4.69, 9.17) is 0 Å². The number of fused-ring (bicyclic) bond motifs is 1. The van der Waals surface area contributed by atoms with Gasteiger partial charge >= 0.3 is 0 Å². The van der Waals surface area contributed by atoms with Gasteiger partial charge in [-0.15, -0.1) is 0 Å². The summed E-state index contributed by atoms with van der Waals surface area (Å²) in [6.45, 7) is 8.00. The Bertz CT molecular complexity index is 817. The average molecular weight is 328 g/mol. The van der Waals surface area contributed by atoms with Crippen LogP contribution in [0.15, 0.2) is 82.6 Å². The minimum absolute atomic E-state index is 0.325. The Hall–Kier alpha value is -2.13. The number of hydrogen-bond donors (Lipinski definition) is 0. The molecule has 3 heteroatoms. The maximum atomic E-state index is 12.6. The van der Waals surface area contributed by atoms with Gasteiger partial charge in [-0.05, 0) is 23.6 Å². The van der Waals surface area contributed by atoms with Crippen LogP contribution in [0, 0.1) is 0 Å². The van der Waals surface area contributed by atoms with Gasteiger partial charge in [0.15, 0.2) is 0 Å². The van der Waals surface area contributed by atoms with E-state index in [1.165, 1.54) is 0 Å². The van der Waals surface area contributed by atoms with Gasteiger partial charge in [0.2, 0.25) is 9.84 Å². The molecule has 0 aliphatic heterocycles. The third kappa shape index (κ3) is 4.20. The van der Waals surface area contributed by atoms with Gasteiger partial charge in [0, 0.05) is 5.39 Å². The fourth-order valence-electron chi connectivity index (χ4n) is 2.16. The maximum Gasteiger partial charge on any atom is 0.207 e. The highest BCUT2D eigenvalue weighted by Crippen LogP contribution is 2.27. The van der Waals surface area contributed by atoms with Crippen molar-refractivity contribution in [3.63, 3.8) is 0 Å². The molecule has 0 atom stereocenters. The van der Waals surface area contributed by atoms with Crippen molar-refractivity contribution in [2.75, 3.05) is 0 Å². The molecule has 0 saturated carbocycles. The molecular formula is C20H24O2S. The zero-order chi connectivity index (χ0) is 17.3. The van der Waals surface area contributed by atoms with Crippen molar-refractivity contribution in [1.29, 1.82) is 0 Å². The molecule has 0 bridgehead atoms. The second kappa shape index (κ2) is 9.11. The second-order valence-electron chi connectivity index (χ2n) is 4.29. The van der Waals surface area contributed by atoms with Crippen LogP contribution in [0.2, 0.25) is 0 Å². The van der Waals surface area contributed by atoms with Crippen LogP contribution in [-0.2, 0) is 9.84 Å². The van der Waals surface area contributed by atoms with Crippen molar-refractivity contribution < 1.29 is 8.42 Å². The van der Waals surface area contributed by atoms with E-state index in [0.29, 0.717) is 9.79 Å². The lowest BCUT2D eigenvalue weighted by Gasteiger charge is -2.08. The molecule has 0 aliphatic carbocycles. The number of sulfone groups is 1. The molecule has 0 heterocycles. The lowest BCUT2D eigenvalue weighted by molar-refractivity contribution is 0.597. The highest BCUT2D eigenvalue weighted by atomic mass is 32.2. The summed E-state index contributed by atoms with van der Waals surface area (Å²) in [5, 5.41) is 1.69. The zero-order valence-corrected chi connectivity index (χ0v) is 15.0. The van der Waals surface area contributed by atoms with E-state index < -0.39 is 9.84 Å². The van der Waals surface area contributed by atoms with Crippen LogP contribution in [0.25, 0.3) is 10.8 Å². The smallest absolute Gasteiger partial charge is 0.207 e. The van der Waals surface area contributed by atoms with Crippen LogP contribution in [-0.4, -0.2) is 8.42 Å². The first-order chi connectivity index (χ1) is 11.2. The molecular weight excluding hydrogens is 304 g/mol. The fourth-order valence-corrected chi connectivity index (χ4v) is 3.66.